The Balaban J connectivity index is 2.07. The standard InChI is InChI=1S/C24H25N5O3/c1-5-17-11-20(28-32-17)23-18(8-9-21(30)31-7-3)22(16-10-15(4)12-25-13-16)19-14-26-29(6-2)24(19)27-23/h8-14H,5-7H2,1-4H3. The molecule has 0 saturated heterocycles. The third-order valence-corrected chi connectivity index (χ3v) is 5.11. The van der Waals surface area contributed by atoms with E-state index in [1.54, 1.807) is 31.6 Å². The molecule has 0 bridgehead atoms. The molecule has 4 rings (SSSR count). The zero-order valence-corrected chi connectivity index (χ0v) is 18.6. The number of fused-ring (bicyclic) bond motifs is 1. The summed E-state index contributed by atoms with van der Waals surface area (Å²) in [4.78, 5) is 21.4. The third-order valence-electron chi connectivity index (χ3n) is 5.11. The highest BCUT2D eigenvalue weighted by Gasteiger charge is 2.22. The van der Waals surface area contributed by atoms with Crippen molar-refractivity contribution in [3.63, 3.8) is 0 Å². The van der Waals surface area contributed by atoms with Crippen molar-refractivity contribution >= 4 is 23.1 Å². The number of hydrogen-bond donors (Lipinski definition) is 0. The van der Waals surface area contributed by atoms with Crippen molar-refractivity contribution in [1.82, 2.24) is 24.9 Å². The molecule has 8 nitrogen and oxygen atoms in total. The van der Waals surface area contributed by atoms with Gasteiger partial charge < -0.3 is 9.26 Å². The van der Waals surface area contributed by atoms with E-state index in [9.17, 15) is 4.79 Å². The maximum Gasteiger partial charge on any atom is 0.330 e. The Morgan fingerprint density at radius 2 is 2.03 bits per heavy atom. The fourth-order valence-corrected chi connectivity index (χ4v) is 3.63. The van der Waals surface area contributed by atoms with E-state index in [0.717, 1.165) is 39.0 Å². The molecule has 4 aromatic rings. The molecule has 0 aliphatic carbocycles. The Morgan fingerprint density at radius 1 is 1.19 bits per heavy atom. The van der Waals surface area contributed by atoms with Crippen molar-refractivity contribution in [3.8, 4) is 22.5 Å². The quantitative estimate of drug-likeness (QED) is 0.311. The summed E-state index contributed by atoms with van der Waals surface area (Å²) in [6.45, 7) is 8.74. The summed E-state index contributed by atoms with van der Waals surface area (Å²) in [5, 5.41) is 9.63. The average molecular weight is 431 g/mol. The summed E-state index contributed by atoms with van der Waals surface area (Å²) in [5.74, 6) is 0.329. The van der Waals surface area contributed by atoms with Crippen molar-refractivity contribution in [2.24, 2.45) is 0 Å². The second-order valence-corrected chi connectivity index (χ2v) is 7.32. The molecule has 164 valence electrons. The second kappa shape index (κ2) is 9.13. The Labute approximate surface area is 185 Å². The van der Waals surface area contributed by atoms with Crippen LogP contribution in [-0.4, -0.2) is 37.5 Å². The predicted octanol–water partition coefficient (Wildman–Crippen LogP) is 4.62. The molecule has 0 radical (unpaired) electrons. The molecule has 4 heterocycles. The lowest BCUT2D eigenvalue weighted by molar-refractivity contribution is -0.137. The van der Waals surface area contributed by atoms with E-state index in [1.807, 2.05) is 31.5 Å². The monoisotopic (exact) mass is 431 g/mol. The molecule has 8 heteroatoms. The zero-order chi connectivity index (χ0) is 22.7. The minimum absolute atomic E-state index is 0.300. The zero-order valence-electron chi connectivity index (χ0n) is 18.6. The van der Waals surface area contributed by atoms with Crippen LogP contribution in [0, 0.1) is 6.92 Å². The van der Waals surface area contributed by atoms with Crippen molar-refractivity contribution in [2.45, 2.75) is 40.7 Å². The molecule has 0 aliphatic rings. The fourth-order valence-electron chi connectivity index (χ4n) is 3.63. The topological polar surface area (TPSA) is 95.9 Å². The molecule has 0 aromatic carbocycles. The van der Waals surface area contributed by atoms with Gasteiger partial charge in [0.25, 0.3) is 0 Å². The molecule has 0 fully saturated rings. The van der Waals surface area contributed by atoms with Crippen molar-refractivity contribution < 1.29 is 14.1 Å². The van der Waals surface area contributed by atoms with E-state index >= 15 is 0 Å². The number of rotatable bonds is 7. The van der Waals surface area contributed by atoms with Gasteiger partial charge in [-0.3, -0.25) is 4.98 Å². The lowest BCUT2D eigenvalue weighted by Crippen LogP contribution is -2.02. The molecule has 0 amide bonds. The largest absolute Gasteiger partial charge is 0.463 e. The number of carbonyl (C=O) groups excluding carboxylic acids is 1. The van der Waals surface area contributed by atoms with Crippen molar-refractivity contribution in [3.05, 3.63) is 53.7 Å². The van der Waals surface area contributed by atoms with E-state index in [-0.39, 0.29) is 0 Å². The third kappa shape index (κ3) is 4.03. The van der Waals surface area contributed by atoms with Crippen molar-refractivity contribution in [2.75, 3.05) is 6.61 Å². The first-order chi connectivity index (χ1) is 15.5. The summed E-state index contributed by atoms with van der Waals surface area (Å²) in [5.41, 5.74) is 5.45. The SMILES string of the molecule is CCOC(=O)C=Cc1c(-c2cc(CC)on2)nc2c(cnn2CC)c1-c1cncc(C)c1. The van der Waals surface area contributed by atoms with Crippen LogP contribution < -0.4 is 0 Å². The van der Waals surface area contributed by atoms with Gasteiger partial charge in [-0.25, -0.2) is 14.5 Å². The van der Waals surface area contributed by atoms with Crippen LogP contribution in [-0.2, 0) is 22.5 Å². The van der Waals surface area contributed by atoms with Crippen molar-refractivity contribution in [1.29, 1.82) is 0 Å². The van der Waals surface area contributed by atoms with Crippen LogP contribution in [0.3, 0.4) is 0 Å². The average Bonchev–Trinajstić information content (AvgIpc) is 3.43. The smallest absolute Gasteiger partial charge is 0.330 e. The number of ether oxygens (including phenoxy) is 1. The maximum atomic E-state index is 12.1. The van der Waals surface area contributed by atoms with Gasteiger partial charge in [0.1, 0.15) is 17.1 Å². The molecule has 0 unspecified atom stereocenters. The molecular formula is C24H25N5O3. The summed E-state index contributed by atoms with van der Waals surface area (Å²) < 4.78 is 12.4. The Kier molecular flexibility index (Phi) is 6.11. The van der Waals surface area contributed by atoms with E-state index in [0.29, 0.717) is 31.0 Å². The van der Waals surface area contributed by atoms with Crippen LogP contribution in [0.2, 0.25) is 0 Å². The molecule has 0 N–H and O–H groups in total. The summed E-state index contributed by atoms with van der Waals surface area (Å²) in [7, 11) is 0. The lowest BCUT2D eigenvalue weighted by Gasteiger charge is -2.13. The normalized spacial score (nSPS) is 11.5. The molecule has 32 heavy (non-hydrogen) atoms. The lowest BCUT2D eigenvalue weighted by atomic mass is 9.95. The van der Waals surface area contributed by atoms with Gasteiger partial charge in [-0.15, -0.1) is 0 Å². The van der Waals surface area contributed by atoms with Crippen LogP contribution in [0.25, 0.3) is 39.6 Å². The van der Waals surface area contributed by atoms with Crippen LogP contribution >= 0.6 is 0 Å². The first-order valence-corrected chi connectivity index (χ1v) is 10.7. The number of nitrogens with zero attached hydrogens (tertiary/aromatic N) is 5. The van der Waals surface area contributed by atoms with E-state index in [2.05, 4.69) is 21.3 Å². The van der Waals surface area contributed by atoms with Crippen LogP contribution in [0.1, 0.15) is 37.7 Å². The highest BCUT2D eigenvalue weighted by Crippen LogP contribution is 2.38. The summed E-state index contributed by atoms with van der Waals surface area (Å²) in [6.07, 6.45) is 9.25. The molecule has 0 atom stereocenters. The highest BCUT2D eigenvalue weighted by molar-refractivity contribution is 6.02. The summed E-state index contributed by atoms with van der Waals surface area (Å²) >= 11 is 0. The molecular weight excluding hydrogens is 406 g/mol. The molecule has 0 saturated carbocycles. The maximum absolute atomic E-state index is 12.1. The molecule has 0 spiro atoms. The van der Waals surface area contributed by atoms with Gasteiger partial charge in [-0.2, -0.15) is 5.10 Å². The van der Waals surface area contributed by atoms with Crippen LogP contribution in [0.15, 0.2) is 41.3 Å². The number of aryl methyl sites for hydroxylation is 3. The Bertz CT molecular complexity index is 1300. The number of hydrogen-bond acceptors (Lipinski definition) is 7. The van der Waals surface area contributed by atoms with Gasteiger partial charge in [-0.05, 0) is 38.5 Å². The number of pyridine rings is 2. The predicted molar refractivity (Wildman–Crippen MR) is 122 cm³/mol. The molecule has 4 aromatic heterocycles. The first kappa shape index (κ1) is 21.4. The van der Waals surface area contributed by atoms with Crippen LogP contribution in [0.5, 0.6) is 0 Å². The van der Waals surface area contributed by atoms with Gasteiger partial charge in [0.2, 0.25) is 0 Å². The van der Waals surface area contributed by atoms with E-state index < -0.39 is 5.97 Å². The van der Waals surface area contributed by atoms with E-state index in [1.165, 1.54) is 6.08 Å². The fraction of sp³-hybridized carbons (Fsp3) is 0.292. The summed E-state index contributed by atoms with van der Waals surface area (Å²) in [6, 6.07) is 3.93. The van der Waals surface area contributed by atoms with Gasteiger partial charge in [0.15, 0.2) is 5.65 Å². The number of esters is 1. The van der Waals surface area contributed by atoms with Gasteiger partial charge in [0, 0.05) is 59.6 Å². The Morgan fingerprint density at radius 3 is 2.72 bits per heavy atom. The minimum Gasteiger partial charge on any atom is -0.463 e. The Hall–Kier alpha value is -3.81. The minimum atomic E-state index is -0.425. The van der Waals surface area contributed by atoms with Crippen LogP contribution in [0.4, 0.5) is 0 Å². The highest BCUT2D eigenvalue weighted by atomic mass is 16.5. The number of carbonyl (C=O) groups is 1. The molecule has 0 aliphatic heterocycles. The van der Waals surface area contributed by atoms with Gasteiger partial charge in [0.05, 0.1) is 12.8 Å². The second-order valence-electron chi connectivity index (χ2n) is 7.32. The number of aromatic nitrogens is 5. The van der Waals surface area contributed by atoms with Gasteiger partial charge in [-0.1, -0.05) is 12.1 Å². The first-order valence-electron chi connectivity index (χ1n) is 10.7. The van der Waals surface area contributed by atoms with E-state index in [4.69, 9.17) is 14.2 Å². The van der Waals surface area contributed by atoms with Gasteiger partial charge >= 0.3 is 5.97 Å².